The Hall–Kier alpha value is -1.02. The van der Waals surface area contributed by atoms with E-state index < -0.39 is 0 Å². The molecule has 0 aliphatic rings. The zero-order valence-corrected chi connectivity index (χ0v) is 13.3. The van der Waals surface area contributed by atoms with Gasteiger partial charge in [0, 0.05) is 18.0 Å². The molecule has 2 unspecified atom stereocenters. The van der Waals surface area contributed by atoms with Crippen molar-refractivity contribution in [1.29, 1.82) is 0 Å². The first-order valence-electron chi connectivity index (χ1n) is 7.27. The van der Waals surface area contributed by atoms with Crippen molar-refractivity contribution >= 4 is 0 Å². The van der Waals surface area contributed by atoms with Crippen molar-refractivity contribution in [3.05, 3.63) is 29.8 Å². The lowest BCUT2D eigenvalue weighted by Gasteiger charge is -2.29. The molecular formula is C17H29NO. The number of methoxy groups -OCH3 is 1. The first-order chi connectivity index (χ1) is 8.89. The van der Waals surface area contributed by atoms with E-state index in [-0.39, 0.29) is 5.54 Å². The molecule has 0 saturated heterocycles. The highest BCUT2D eigenvalue weighted by molar-refractivity contribution is 5.36. The Morgan fingerprint density at radius 3 is 2.37 bits per heavy atom. The third-order valence-electron chi connectivity index (χ3n) is 3.72. The van der Waals surface area contributed by atoms with Gasteiger partial charge < -0.3 is 10.1 Å². The standard InChI is InChI=1S/C17H29NO/c1-7-13(2)15(12-18-17(3,4)5)14-10-8-9-11-16(14)19-6/h8-11,13,15,18H,7,12H2,1-6H3. The molecule has 0 heterocycles. The van der Waals surface area contributed by atoms with Gasteiger partial charge in [-0.25, -0.2) is 0 Å². The SMILES string of the molecule is CCC(C)C(CNC(C)(C)C)c1ccccc1OC. The summed E-state index contributed by atoms with van der Waals surface area (Å²) in [7, 11) is 1.75. The Kier molecular flexibility index (Phi) is 5.86. The van der Waals surface area contributed by atoms with Gasteiger partial charge in [0.1, 0.15) is 5.75 Å². The van der Waals surface area contributed by atoms with Crippen molar-refractivity contribution in [3.8, 4) is 5.75 Å². The number of hydrogen-bond donors (Lipinski definition) is 1. The van der Waals surface area contributed by atoms with Crippen molar-refractivity contribution in [2.75, 3.05) is 13.7 Å². The predicted molar refractivity (Wildman–Crippen MR) is 82.9 cm³/mol. The van der Waals surface area contributed by atoms with Crippen LogP contribution in [0.3, 0.4) is 0 Å². The van der Waals surface area contributed by atoms with Crippen LogP contribution in [-0.4, -0.2) is 19.2 Å². The molecular weight excluding hydrogens is 234 g/mol. The molecule has 0 fully saturated rings. The van der Waals surface area contributed by atoms with Crippen molar-refractivity contribution in [3.63, 3.8) is 0 Å². The molecule has 1 aromatic carbocycles. The average Bonchev–Trinajstić information content (AvgIpc) is 2.37. The van der Waals surface area contributed by atoms with Crippen molar-refractivity contribution in [1.82, 2.24) is 5.32 Å². The molecule has 0 amide bonds. The van der Waals surface area contributed by atoms with Gasteiger partial charge in [0.05, 0.1) is 7.11 Å². The first-order valence-corrected chi connectivity index (χ1v) is 7.27. The van der Waals surface area contributed by atoms with Crippen LogP contribution < -0.4 is 10.1 Å². The summed E-state index contributed by atoms with van der Waals surface area (Å²) < 4.78 is 5.53. The summed E-state index contributed by atoms with van der Waals surface area (Å²) in [5.74, 6) is 2.12. The van der Waals surface area contributed by atoms with Crippen LogP contribution in [0.15, 0.2) is 24.3 Å². The van der Waals surface area contributed by atoms with Gasteiger partial charge in [-0.2, -0.15) is 0 Å². The maximum Gasteiger partial charge on any atom is 0.122 e. The highest BCUT2D eigenvalue weighted by Gasteiger charge is 2.23. The maximum atomic E-state index is 5.53. The van der Waals surface area contributed by atoms with Gasteiger partial charge >= 0.3 is 0 Å². The Morgan fingerprint density at radius 1 is 1.21 bits per heavy atom. The van der Waals surface area contributed by atoms with E-state index in [4.69, 9.17) is 4.74 Å². The third-order valence-corrected chi connectivity index (χ3v) is 3.72. The second-order valence-electron chi connectivity index (χ2n) is 6.36. The number of para-hydroxylation sites is 1. The minimum Gasteiger partial charge on any atom is -0.496 e. The molecule has 1 N–H and O–H groups in total. The molecule has 1 rings (SSSR count). The second kappa shape index (κ2) is 6.95. The van der Waals surface area contributed by atoms with Gasteiger partial charge in [-0.1, -0.05) is 38.5 Å². The summed E-state index contributed by atoms with van der Waals surface area (Å²) in [5, 5.41) is 3.63. The first kappa shape index (κ1) is 16.0. The highest BCUT2D eigenvalue weighted by Crippen LogP contribution is 2.33. The van der Waals surface area contributed by atoms with E-state index in [1.54, 1.807) is 7.11 Å². The fourth-order valence-corrected chi connectivity index (χ4v) is 2.29. The van der Waals surface area contributed by atoms with Gasteiger partial charge in [-0.05, 0) is 38.3 Å². The molecule has 0 saturated carbocycles. The van der Waals surface area contributed by atoms with E-state index in [1.807, 2.05) is 6.07 Å². The van der Waals surface area contributed by atoms with Crippen LogP contribution in [0.25, 0.3) is 0 Å². The number of nitrogens with one attached hydrogen (secondary N) is 1. The van der Waals surface area contributed by atoms with E-state index in [0.29, 0.717) is 11.8 Å². The quantitative estimate of drug-likeness (QED) is 0.830. The summed E-state index contributed by atoms with van der Waals surface area (Å²) in [6.45, 7) is 12.2. The van der Waals surface area contributed by atoms with Gasteiger partial charge in [0.2, 0.25) is 0 Å². The van der Waals surface area contributed by atoms with Gasteiger partial charge in [-0.15, -0.1) is 0 Å². The lowest BCUT2D eigenvalue weighted by atomic mass is 9.84. The summed E-state index contributed by atoms with van der Waals surface area (Å²) in [4.78, 5) is 0. The zero-order chi connectivity index (χ0) is 14.5. The Bertz CT molecular complexity index is 381. The highest BCUT2D eigenvalue weighted by atomic mass is 16.5. The Balaban J connectivity index is 2.96. The molecule has 2 heteroatoms. The number of ether oxygens (including phenoxy) is 1. The normalized spacial score (nSPS) is 15.1. The van der Waals surface area contributed by atoms with E-state index >= 15 is 0 Å². The zero-order valence-electron chi connectivity index (χ0n) is 13.3. The molecule has 2 atom stereocenters. The second-order valence-corrected chi connectivity index (χ2v) is 6.36. The van der Waals surface area contributed by atoms with Crippen LogP contribution >= 0.6 is 0 Å². The largest absolute Gasteiger partial charge is 0.496 e. The molecule has 0 aromatic heterocycles. The molecule has 108 valence electrons. The molecule has 0 bridgehead atoms. The molecule has 0 spiro atoms. The van der Waals surface area contributed by atoms with E-state index in [9.17, 15) is 0 Å². The van der Waals surface area contributed by atoms with E-state index in [2.05, 4.69) is 58.1 Å². The van der Waals surface area contributed by atoms with Crippen LogP contribution in [0.5, 0.6) is 5.75 Å². The van der Waals surface area contributed by atoms with Crippen LogP contribution in [-0.2, 0) is 0 Å². The lowest BCUT2D eigenvalue weighted by molar-refractivity contribution is 0.342. The number of hydrogen-bond acceptors (Lipinski definition) is 2. The van der Waals surface area contributed by atoms with Gasteiger partial charge in [-0.3, -0.25) is 0 Å². The summed E-state index contributed by atoms with van der Waals surface area (Å²) in [5.41, 5.74) is 1.46. The lowest BCUT2D eigenvalue weighted by Crippen LogP contribution is -2.39. The monoisotopic (exact) mass is 263 g/mol. The third kappa shape index (κ3) is 4.87. The smallest absolute Gasteiger partial charge is 0.122 e. The fraction of sp³-hybridized carbons (Fsp3) is 0.647. The topological polar surface area (TPSA) is 21.3 Å². The predicted octanol–water partition coefficient (Wildman–Crippen LogP) is 4.21. The van der Waals surface area contributed by atoms with Crippen LogP contribution in [0, 0.1) is 5.92 Å². The Morgan fingerprint density at radius 2 is 1.84 bits per heavy atom. The fourth-order valence-electron chi connectivity index (χ4n) is 2.29. The Labute approximate surface area is 118 Å². The molecule has 1 aromatic rings. The van der Waals surface area contributed by atoms with E-state index in [1.165, 1.54) is 12.0 Å². The minimum absolute atomic E-state index is 0.147. The van der Waals surface area contributed by atoms with Crippen LogP contribution in [0.4, 0.5) is 0 Å². The van der Waals surface area contributed by atoms with E-state index in [0.717, 1.165) is 12.3 Å². The summed E-state index contributed by atoms with van der Waals surface area (Å²) in [6, 6.07) is 8.39. The van der Waals surface area contributed by atoms with Crippen LogP contribution in [0.1, 0.15) is 52.5 Å². The molecule has 2 nitrogen and oxygen atoms in total. The number of rotatable bonds is 6. The van der Waals surface area contributed by atoms with Crippen molar-refractivity contribution in [2.45, 2.75) is 52.5 Å². The average molecular weight is 263 g/mol. The van der Waals surface area contributed by atoms with Gasteiger partial charge in [0.25, 0.3) is 0 Å². The van der Waals surface area contributed by atoms with Crippen molar-refractivity contribution in [2.24, 2.45) is 5.92 Å². The van der Waals surface area contributed by atoms with Crippen molar-refractivity contribution < 1.29 is 4.74 Å². The molecule has 0 aliphatic carbocycles. The molecule has 0 radical (unpaired) electrons. The molecule has 0 aliphatic heterocycles. The molecule has 19 heavy (non-hydrogen) atoms. The summed E-state index contributed by atoms with van der Waals surface area (Å²) in [6.07, 6.45) is 1.18. The van der Waals surface area contributed by atoms with Gasteiger partial charge in [0.15, 0.2) is 0 Å². The summed E-state index contributed by atoms with van der Waals surface area (Å²) >= 11 is 0. The van der Waals surface area contributed by atoms with Crippen LogP contribution in [0.2, 0.25) is 0 Å². The minimum atomic E-state index is 0.147. The number of benzene rings is 1. The maximum absolute atomic E-state index is 5.53.